The Morgan fingerprint density at radius 1 is 1.32 bits per heavy atom. The van der Waals surface area contributed by atoms with Gasteiger partial charge in [0, 0.05) is 37.0 Å². The molecule has 2 atom stereocenters. The van der Waals surface area contributed by atoms with Gasteiger partial charge in [-0.3, -0.25) is 9.69 Å². The summed E-state index contributed by atoms with van der Waals surface area (Å²) in [5.74, 6) is -0.467. The molecule has 0 saturated carbocycles. The normalized spacial score (nSPS) is 21.0. The molecular formula is C19H23NO5. The second-order valence-corrected chi connectivity index (χ2v) is 6.85. The van der Waals surface area contributed by atoms with E-state index in [2.05, 4.69) is 4.90 Å². The van der Waals surface area contributed by atoms with Crippen molar-refractivity contribution in [3.05, 3.63) is 45.3 Å². The molecule has 1 saturated heterocycles. The first-order valence-electron chi connectivity index (χ1n) is 8.38. The van der Waals surface area contributed by atoms with Crippen molar-refractivity contribution in [1.29, 1.82) is 0 Å². The molecule has 1 N–H and O–H groups in total. The van der Waals surface area contributed by atoms with Crippen molar-refractivity contribution in [2.75, 3.05) is 20.2 Å². The van der Waals surface area contributed by atoms with E-state index in [1.165, 1.54) is 13.2 Å². The third-order valence-corrected chi connectivity index (χ3v) is 4.79. The summed E-state index contributed by atoms with van der Waals surface area (Å²) in [6.07, 6.45) is -0.377. The van der Waals surface area contributed by atoms with Crippen LogP contribution >= 0.6 is 0 Å². The van der Waals surface area contributed by atoms with Crippen molar-refractivity contribution >= 4 is 16.9 Å². The average Bonchev–Trinajstić information content (AvgIpc) is 2.87. The highest BCUT2D eigenvalue weighted by Gasteiger charge is 2.33. The van der Waals surface area contributed by atoms with Crippen LogP contribution in [0.15, 0.2) is 27.4 Å². The smallest absolute Gasteiger partial charge is 0.336 e. The number of β-amino-alcohol motifs (C(OH)–C–C–N with tert-alkyl or cyclic N) is 1. The van der Waals surface area contributed by atoms with Crippen LogP contribution < -0.4 is 5.63 Å². The number of aliphatic hydroxyl groups excluding tert-OH is 1. The van der Waals surface area contributed by atoms with Crippen LogP contribution in [0.5, 0.6) is 0 Å². The summed E-state index contributed by atoms with van der Waals surface area (Å²) in [7, 11) is 1.35. The Labute approximate surface area is 146 Å². The van der Waals surface area contributed by atoms with Gasteiger partial charge in [-0.25, -0.2) is 4.79 Å². The van der Waals surface area contributed by atoms with Gasteiger partial charge in [0.25, 0.3) is 0 Å². The van der Waals surface area contributed by atoms with E-state index in [1.807, 2.05) is 26.0 Å². The number of aryl methyl sites for hydroxylation is 2. The summed E-state index contributed by atoms with van der Waals surface area (Å²) in [4.78, 5) is 25.5. The predicted molar refractivity (Wildman–Crippen MR) is 93.4 cm³/mol. The number of methoxy groups -OCH3 is 1. The Morgan fingerprint density at radius 2 is 2.08 bits per heavy atom. The van der Waals surface area contributed by atoms with Crippen molar-refractivity contribution in [2.45, 2.75) is 32.9 Å². The minimum Gasteiger partial charge on any atom is -0.469 e. The number of benzene rings is 1. The van der Waals surface area contributed by atoms with Gasteiger partial charge < -0.3 is 14.3 Å². The zero-order valence-corrected chi connectivity index (χ0v) is 14.7. The van der Waals surface area contributed by atoms with Gasteiger partial charge in [0.05, 0.1) is 19.6 Å². The number of carbonyl (C=O) groups is 1. The second kappa shape index (κ2) is 6.98. The van der Waals surface area contributed by atoms with E-state index in [9.17, 15) is 14.7 Å². The van der Waals surface area contributed by atoms with Gasteiger partial charge in [0.15, 0.2) is 0 Å². The van der Waals surface area contributed by atoms with Crippen LogP contribution in [0.1, 0.15) is 23.1 Å². The van der Waals surface area contributed by atoms with E-state index in [1.54, 1.807) is 0 Å². The SMILES string of the molecule is COC(=O)C[C@@H]1CN(Cc2cc(=O)oc3c(C)cc(C)cc23)C[C@H]1O. The number of hydrogen-bond acceptors (Lipinski definition) is 6. The predicted octanol–water partition coefficient (Wildman–Crippen LogP) is 1.77. The molecule has 1 aromatic carbocycles. The highest BCUT2D eigenvalue weighted by atomic mass is 16.5. The molecule has 1 aromatic heterocycles. The summed E-state index contributed by atoms with van der Waals surface area (Å²) < 4.78 is 10.1. The van der Waals surface area contributed by atoms with Gasteiger partial charge in [-0.05, 0) is 36.6 Å². The first kappa shape index (κ1) is 17.6. The van der Waals surface area contributed by atoms with E-state index in [0.717, 1.165) is 22.1 Å². The summed E-state index contributed by atoms with van der Waals surface area (Å²) >= 11 is 0. The van der Waals surface area contributed by atoms with Crippen LogP contribution in [0, 0.1) is 19.8 Å². The Bertz CT molecular complexity index is 857. The summed E-state index contributed by atoms with van der Waals surface area (Å²) in [6, 6.07) is 5.52. The van der Waals surface area contributed by atoms with Crippen LogP contribution in [0.3, 0.4) is 0 Å². The van der Waals surface area contributed by atoms with Crippen LogP contribution in [0.4, 0.5) is 0 Å². The number of fused-ring (bicyclic) bond motifs is 1. The van der Waals surface area contributed by atoms with Crippen molar-refractivity contribution in [3.63, 3.8) is 0 Å². The number of esters is 1. The lowest BCUT2D eigenvalue weighted by Crippen LogP contribution is -2.22. The van der Waals surface area contributed by atoms with Crippen LogP contribution in [-0.4, -0.2) is 42.3 Å². The maximum Gasteiger partial charge on any atom is 0.336 e. The number of carbonyl (C=O) groups excluding carboxylic acids is 1. The lowest BCUT2D eigenvalue weighted by atomic mass is 10.0. The summed E-state index contributed by atoms with van der Waals surface area (Å²) in [6.45, 7) is 5.51. The number of nitrogens with zero attached hydrogens (tertiary/aromatic N) is 1. The molecule has 25 heavy (non-hydrogen) atoms. The molecule has 1 aliphatic heterocycles. The van der Waals surface area contributed by atoms with Gasteiger partial charge in [-0.1, -0.05) is 6.07 Å². The third-order valence-electron chi connectivity index (χ3n) is 4.79. The van der Waals surface area contributed by atoms with Gasteiger partial charge in [-0.15, -0.1) is 0 Å². The van der Waals surface area contributed by atoms with Crippen LogP contribution in [0.25, 0.3) is 11.0 Å². The Kier molecular flexibility index (Phi) is 4.92. The first-order valence-corrected chi connectivity index (χ1v) is 8.38. The molecule has 0 aliphatic carbocycles. The van der Waals surface area contributed by atoms with E-state index in [4.69, 9.17) is 9.15 Å². The van der Waals surface area contributed by atoms with Gasteiger partial charge in [0.2, 0.25) is 0 Å². The Hall–Kier alpha value is -2.18. The molecule has 6 nitrogen and oxygen atoms in total. The molecule has 2 aromatic rings. The fourth-order valence-electron chi connectivity index (χ4n) is 3.62. The van der Waals surface area contributed by atoms with Crippen molar-refractivity contribution in [3.8, 4) is 0 Å². The maximum absolute atomic E-state index is 11.9. The highest BCUT2D eigenvalue weighted by Crippen LogP contribution is 2.27. The molecule has 134 valence electrons. The number of aliphatic hydroxyl groups is 1. The number of likely N-dealkylation sites (tertiary alicyclic amines) is 1. The first-order chi connectivity index (χ1) is 11.9. The quantitative estimate of drug-likeness (QED) is 0.672. The fraction of sp³-hybridized carbons (Fsp3) is 0.474. The highest BCUT2D eigenvalue weighted by molar-refractivity contribution is 5.83. The monoisotopic (exact) mass is 345 g/mol. The molecule has 1 fully saturated rings. The van der Waals surface area contributed by atoms with E-state index < -0.39 is 6.10 Å². The van der Waals surface area contributed by atoms with Gasteiger partial charge in [-0.2, -0.15) is 0 Å². The number of hydrogen-bond donors (Lipinski definition) is 1. The largest absolute Gasteiger partial charge is 0.469 e. The van der Waals surface area contributed by atoms with Gasteiger partial charge in [0.1, 0.15) is 5.58 Å². The zero-order valence-electron chi connectivity index (χ0n) is 14.7. The van der Waals surface area contributed by atoms with E-state index in [-0.39, 0.29) is 23.9 Å². The molecule has 0 radical (unpaired) electrons. The third kappa shape index (κ3) is 3.75. The van der Waals surface area contributed by atoms with E-state index in [0.29, 0.717) is 25.2 Å². The zero-order chi connectivity index (χ0) is 18.1. The molecule has 2 heterocycles. The lowest BCUT2D eigenvalue weighted by molar-refractivity contribution is -0.142. The molecule has 1 aliphatic rings. The molecule has 0 bridgehead atoms. The van der Waals surface area contributed by atoms with E-state index >= 15 is 0 Å². The molecule has 6 heteroatoms. The number of ether oxygens (including phenoxy) is 1. The molecule has 0 amide bonds. The van der Waals surface area contributed by atoms with Crippen LogP contribution in [-0.2, 0) is 16.1 Å². The molecule has 3 rings (SSSR count). The standard InChI is InChI=1S/C19H23NO5/c1-11-4-12(2)19-15(5-11)13(6-18(23)25-19)8-20-9-14(16(21)10-20)7-17(22)24-3/h4-6,14,16,21H,7-10H2,1-3H3/t14-,16-/m1/s1. The topological polar surface area (TPSA) is 80.0 Å². The average molecular weight is 345 g/mol. The maximum atomic E-state index is 11.9. The molecular weight excluding hydrogens is 322 g/mol. The van der Waals surface area contributed by atoms with Crippen molar-refractivity contribution in [1.82, 2.24) is 4.90 Å². The second-order valence-electron chi connectivity index (χ2n) is 6.85. The van der Waals surface area contributed by atoms with Crippen molar-refractivity contribution < 1.29 is 19.1 Å². The minimum atomic E-state index is -0.575. The fourth-order valence-corrected chi connectivity index (χ4v) is 3.62. The van der Waals surface area contributed by atoms with Crippen LogP contribution in [0.2, 0.25) is 0 Å². The molecule has 0 spiro atoms. The summed E-state index contributed by atoms with van der Waals surface area (Å²) in [5, 5.41) is 11.1. The number of rotatable bonds is 4. The lowest BCUT2D eigenvalue weighted by Gasteiger charge is -2.17. The minimum absolute atomic E-state index is 0.151. The summed E-state index contributed by atoms with van der Waals surface area (Å²) in [5.41, 5.74) is 3.15. The Balaban J connectivity index is 1.86. The Morgan fingerprint density at radius 3 is 2.80 bits per heavy atom. The van der Waals surface area contributed by atoms with Crippen molar-refractivity contribution in [2.24, 2.45) is 5.92 Å². The van der Waals surface area contributed by atoms with Gasteiger partial charge >= 0.3 is 11.6 Å². The molecule has 0 unspecified atom stereocenters.